The monoisotopic (exact) mass is 739 g/mol. The zero-order valence-corrected chi connectivity index (χ0v) is 32.1. The molecule has 0 bridgehead atoms. The second-order valence-corrected chi connectivity index (χ2v) is 14.8. The van der Waals surface area contributed by atoms with Gasteiger partial charge in [0.15, 0.2) is 17.6 Å². The largest absolute Gasteiger partial charge is 0.491 e. The van der Waals surface area contributed by atoms with E-state index < -0.39 is 18.1 Å². The molecule has 0 saturated heterocycles. The number of aryl methyl sites for hydroxylation is 1. The molecule has 1 unspecified atom stereocenters. The molecule has 2 aliphatic rings. The highest BCUT2D eigenvalue weighted by Gasteiger charge is 2.38. The number of carbonyl (C=O) groups excluding carboxylic acids is 1. The van der Waals surface area contributed by atoms with E-state index in [2.05, 4.69) is 34.3 Å². The second kappa shape index (κ2) is 16.4. The van der Waals surface area contributed by atoms with Gasteiger partial charge in [0.2, 0.25) is 5.91 Å². The number of carboxylic acid groups (broad SMARTS) is 1. The van der Waals surface area contributed by atoms with Crippen molar-refractivity contribution in [2.75, 3.05) is 6.61 Å². The van der Waals surface area contributed by atoms with Gasteiger partial charge in [0, 0.05) is 30.9 Å². The van der Waals surface area contributed by atoms with Gasteiger partial charge in [0.1, 0.15) is 18.4 Å². The molecule has 0 saturated carbocycles. The second-order valence-electron chi connectivity index (χ2n) is 14.8. The summed E-state index contributed by atoms with van der Waals surface area (Å²) in [6, 6.07) is 30.2. The molecule has 2 aliphatic heterocycles. The first-order chi connectivity index (χ1) is 26.6. The maximum atomic E-state index is 14.4. The van der Waals surface area contributed by atoms with E-state index >= 15 is 0 Å². The number of ether oxygens (including phenoxy) is 3. The molecule has 9 nitrogen and oxygen atoms in total. The molecule has 5 aromatic rings. The Morgan fingerprint density at radius 3 is 2.36 bits per heavy atom. The van der Waals surface area contributed by atoms with Crippen LogP contribution in [-0.4, -0.2) is 51.7 Å². The summed E-state index contributed by atoms with van der Waals surface area (Å²) in [4.78, 5) is 33.6. The topological polar surface area (TPSA) is 110 Å². The molecule has 4 aromatic carbocycles. The van der Waals surface area contributed by atoms with E-state index in [1.165, 1.54) is 0 Å². The maximum absolute atomic E-state index is 14.4. The Morgan fingerprint density at radius 2 is 1.67 bits per heavy atom. The van der Waals surface area contributed by atoms with E-state index in [0.29, 0.717) is 31.1 Å². The highest BCUT2D eigenvalue weighted by atomic mass is 16.6. The Bertz CT molecular complexity index is 2130. The molecular formula is C46H49N3O6. The van der Waals surface area contributed by atoms with Gasteiger partial charge in [-0.15, -0.1) is 0 Å². The van der Waals surface area contributed by atoms with E-state index in [1.54, 1.807) is 6.20 Å². The number of nitrogens with one attached hydrogen (secondary N) is 1. The Morgan fingerprint density at radius 1 is 0.945 bits per heavy atom. The third-order valence-corrected chi connectivity index (χ3v) is 10.8. The number of benzene rings is 4. The van der Waals surface area contributed by atoms with Crippen LogP contribution in [0.2, 0.25) is 0 Å². The molecule has 9 heteroatoms. The molecule has 0 radical (unpaired) electrons. The Balaban J connectivity index is 1.13. The van der Waals surface area contributed by atoms with Crippen molar-refractivity contribution in [2.24, 2.45) is 0 Å². The molecule has 0 fully saturated rings. The summed E-state index contributed by atoms with van der Waals surface area (Å²) in [5.41, 5.74) is 9.15. The molecule has 4 atom stereocenters. The van der Waals surface area contributed by atoms with Gasteiger partial charge in [-0.05, 0) is 115 Å². The van der Waals surface area contributed by atoms with Gasteiger partial charge in [-0.1, -0.05) is 73.7 Å². The zero-order chi connectivity index (χ0) is 38.6. The lowest BCUT2D eigenvalue weighted by molar-refractivity contribution is -0.143. The quantitative estimate of drug-likeness (QED) is 0.131. The lowest BCUT2D eigenvalue weighted by atomic mass is 9.89. The first kappa shape index (κ1) is 37.6. The number of amides is 1. The molecule has 3 heterocycles. The summed E-state index contributed by atoms with van der Waals surface area (Å²) >= 11 is 0. The Kier molecular flexibility index (Phi) is 11.2. The SMILES string of the molecule is CC[C@@H](c1ccccc1)N1Cc2cc3c(cc2C[C@H]1C(=O)NC(Cc1ccc(-c2ccnc(C)c2C)cc1)C(=O)O)OC[C@H](c1ccc(OC(C)C)cc1)O3. The van der Waals surface area contributed by atoms with Gasteiger partial charge < -0.3 is 24.6 Å². The van der Waals surface area contributed by atoms with Crippen molar-refractivity contribution in [3.05, 3.63) is 142 Å². The van der Waals surface area contributed by atoms with Gasteiger partial charge >= 0.3 is 5.97 Å². The predicted octanol–water partition coefficient (Wildman–Crippen LogP) is 8.36. The van der Waals surface area contributed by atoms with Crippen molar-refractivity contribution >= 4 is 11.9 Å². The van der Waals surface area contributed by atoms with Crippen LogP contribution in [0.4, 0.5) is 0 Å². The summed E-state index contributed by atoms with van der Waals surface area (Å²) in [7, 11) is 0. The smallest absolute Gasteiger partial charge is 0.326 e. The minimum Gasteiger partial charge on any atom is -0.491 e. The lowest BCUT2D eigenvalue weighted by Crippen LogP contribution is -2.55. The number of rotatable bonds is 12. The van der Waals surface area contributed by atoms with E-state index in [4.69, 9.17) is 14.2 Å². The van der Waals surface area contributed by atoms with Gasteiger partial charge in [-0.2, -0.15) is 0 Å². The van der Waals surface area contributed by atoms with Gasteiger partial charge in [-0.3, -0.25) is 14.7 Å². The first-order valence-electron chi connectivity index (χ1n) is 19.1. The van der Waals surface area contributed by atoms with Gasteiger partial charge in [0.25, 0.3) is 0 Å². The predicted molar refractivity (Wildman–Crippen MR) is 212 cm³/mol. The minimum absolute atomic E-state index is 0.0753. The number of pyridine rings is 1. The Hall–Kier alpha value is -5.67. The fourth-order valence-corrected chi connectivity index (χ4v) is 7.75. The van der Waals surface area contributed by atoms with Crippen molar-refractivity contribution in [2.45, 2.75) is 90.8 Å². The fraction of sp³-hybridized carbons (Fsp3) is 0.326. The van der Waals surface area contributed by atoms with Crippen molar-refractivity contribution in [1.29, 1.82) is 0 Å². The number of aromatic nitrogens is 1. The Labute approximate surface area is 323 Å². The van der Waals surface area contributed by atoms with Crippen LogP contribution in [0.5, 0.6) is 17.2 Å². The minimum atomic E-state index is -1.11. The fourth-order valence-electron chi connectivity index (χ4n) is 7.75. The van der Waals surface area contributed by atoms with Crippen LogP contribution >= 0.6 is 0 Å². The molecule has 7 rings (SSSR count). The molecule has 284 valence electrons. The van der Waals surface area contributed by atoms with Crippen LogP contribution in [0.3, 0.4) is 0 Å². The van der Waals surface area contributed by atoms with E-state index in [0.717, 1.165) is 62.4 Å². The summed E-state index contributed by atoms with van der Waals surface area (Å²) in [6.07, 6.45) is 2.92. The molecule has 0 spiro atoms. The van der Waals surface area contributed by atoms with E-state index in [-0.39, 0.29) is 30.6 Å². The van der Waals surface area contributed by atoms with Crippen LogP contribution in [0.25, 0.3) is 11.1 Å². The number of fused-ring (bicyclic) bond motifs is 2. The number of hydrogen-bond donors (Lipinski definition) is 2. The van der Waals surface area contributed by atoms with Gasteiger partial charge in [-0.25, -0.2) is 4.79 Å². The van der Waals surface area contributed by atoms with Crippen LogP contribution in [-0.2, 0) is 29.0 Å². The third-order valence-electron chi connectivity index (χ3n) is 10.8. The summed E-state index contributed by atoms with van der Waals surface area (Å²) < 4.78 is 18.6. The summed E-state index contributed by atoms with van der Waals surface area (Å²) in [6.45, 7) is 11.0. The normalized spacial score (nSPS) is 17.6. The summed E-state index contributed by atoms with van der Waals surface area (Å²) in [5.74, 6) is 0.725. The van der Waals surface area contributed by atoms with Crippen LogP contribution in [0.15, 0.2) is 103 Å². The standard InChI is InChI=1S/C46H49N3O6/c1-6-40(33-10-8-7-9-11-33)49-26-36-25-43-42(53-27-44(55-43)34-16-18-37(19-17-34)54-28(2)3)24-35(36)23-41(49)45(50)48-39(46(51)52)22-31-12-14-32(15-13-31)38-20-21-47-30(5)29(38)4/h7-21,24-25,28,39-41,44H,6,22-23,26-27H2,1-5H3,(H,48,50)(H,51,52)/t39?,40-,41-,44+/m0/s1. The van der Waals surface area contributed by atoms with Gasteiger partial charge in [0.05, 0.1) is 12.1 Å². The lowest BCUT2D eigenvalue weighted by Gasteiger charge is -2.42. The molecule has 55 heavy (non-hydrogen) atoms. The van der Waals surface area contributed by atoms with Crippen LogP contribution in [0.1, 0.15) is 78.4 Å². The highest BCUT2D eigenvalue weighted by Crippen LogP contribution is 2.42. The van der Waals surface area contributed by atoms with Crippen molar-refractivity contribution in [1.82, 2.24) is 15.2 Å². The average Bonchev–Trinajstić information content (AvgIpc) is 3.18. The van der Waals surface area contributed by atoms with Crippen LogP contribution in [0, 0.1) is 13.8 Å². The van der Waals surface area contributed by atoms with E-state index in [1.807, 2.05) is 113 Å². The molecule has 1 aromatic heterocycles. The third kappa shape index (κ3) is 8.37. The maximum Gasteiger partial charge on any atom is 0.326 e. The van der Waals surface area contributed by atoms with E-state index in [9.17, 15) is 14.7 Å². The molecular weight excluding hydrogens is 691 g/mol. The highest BCUT2D eigenvalue weighted by molar-refractivity contribution is 5.87. The number of carboxylic acids is 1. The number of aliphatic carboxylic acids is 1. The van der Waals surface area contributed by atoms with Crippen molar-refractivity contribution in [3.63, 3.8) is 0 Å². The summed E-state index contributed by atoms with van der Waals surface area (Å²) in [5, 5.41) is 13.3. The molecule has 1 amide bonds. The van der Waals surface area contributed by atoms with Crippen molar-refractivity contribution in [3.8, 4) is 28.4 Å². The molecule has 2 N–H and O–H groups in total. The van der Waals surface area contributed by atoms with Crippen molar-refractivity contribution < 1.29 is 28.9 Å². The number of carbonyl (C=O) groups is 2. The first-order valence-corrected chi connectivity index (χ1v) is 19.1. The number of hydrogen-bond acceptors (Lipinski definition) is 7. The zero-order valence-electron chi connectivity index (χ0n) is 32.1. The molecule has 0 aliphatic carbocycles. The van der Waals surface area contributed by atoms with Crippen LogP contribution < -0.4 is 19.5 Å². The average molecular weight is 740 g/mol. The number of nitrogens with zero attached hydrogens (tertiary/aromatic N) is 2.